The number of morpholine rings is 1. The fourth-order valence-electron chi connectivity index (χ4n) is 5.71. The number of carbonyl (C=O) groups excluding carboxylic acids is 4. The highest BCUT2D eigenvalue weighted by atomic mass is 19.3. The summed E-state index contributed by atoms with van der Waals surface area (Å²) in [7, 11) is 0. The lowest BCUT2D eigenvalue weighted by atomic mass is 9.93. The van der Waals surface area contributed by atoms with Crippen molar-refractivity contribution in [2.24, 2.45) is 0 Å². The van der Waals surface area contributed by atoms with Crippen LogP contribution in [-0.2, 0) is 33.4 Å². The summed E-state index contributed by atoms with van der Waals surface area (Å²) in [5, 5.41) is 19.5. The summed E-state index contributed by atoms with van der Waals surface area (Å²) in [6, 6.07) is 1.12. The Morgan fingerprint density at radius 1 is 1.04 bits per heavy atom. The van der Waals surface area contributed by atoms with Gasteiger partial charge in [0.25, 0.3) is 0 Å². The van der Waals surface area contributed by atoms with Gasteiger partial charge in [0, 0.05) is 13.1 Å². The summed E-state index contributed by atoms with van der Waals surface area (Å²) in [5.41, 5.74) is 0.0670. The van der Waals surface area contributed by atoms with Crippen LogP contribution >= 0.6 is 0 Å². The summed E-state index contributed by atoms with van der Waals surface area (Å²) >= 11 is 0. The number of benzene rings is 1. The van der Waals surface area contributed by atoms with Crippen molar-refractivity contribution in [2.45, 2.75) is 88.0 Å². The maximum atomic E-state index is 14.0. The minimum Gasteiger partial charge on any atom is -0.435 e. The van der Waals surface area contributed by atoms with Gasteiger partial charge in [0.1, 0.15) is 29.5 Å². The maximum Gasteiger partial charge on any atom is 0.387 e. The highest BCUT2D eigenvalue weighted by Gasteiger charge is 2.50. The number of epoxide rings is 1. The van der Waals surface area contributed by atoms with Crippen LogP contribution in [0.4, 0.5) is 8.78 Å². The molecule has 1 aromatic rings. The molecule has 5 atom stereocenters. The Bertz CT molecular complexity index is 1330. The smallest absolute Gasteiger partial charge is 0.387 e. The average molecular weight is 679 g/mol. The maximum absolute atomic E-state index is 14.0. The average Bonchev–Trinajstić information content (AvgIpc) is 3.99. The van der Waals surface area contributed by atoms with Crippen molar-refractivity contribution >= 4 is 23.5 Å². The van der Waals surface area contributed by atoms with Gasteiger partial charge in [0.05, 0.1) is 45.1 Å². The Kier molecular flexibility index (Phi) is 12.1. The van der Waals surface area contributed by atoms with Gasteiger partial charge in [-0.3, -0.25) is 24.1 Å². The second-order valence-corrected chi connectivity index (χ2v) is 12.8. The molecule has 1 aromatic carbocycles. The standard InChI is InChI=1S/C33H44F2N4O9/c1-33(19-47-33)29(42)24(16-20-4-2-3-5-20)37-31(44)27(28(41)21-6-8-23(9-7-21)48-32(34)35)38-30(43)25(18-46-22-10-11-22)36-26(40)17-39-12-14-45-15-13-39/h4,6-9,22,24-25,27-28,32,41H,2-3,5,10-19H2,1H3,(H,36,40)(H,37,44)(H,38,43)/t24-,25-,27-,28+,33+/m0/s1. The third kappa shape index (κ3) is 10.3. The van der Waals surface area contributed by atoms with E-state index in [4.69, 9.17) is 14.2 Å². The number of ketones is 1. The van der Waals surface area contributed by atoms with E-state index in [2.05, 4.69) is 20.7 Å². The number of allylic oxidation sites excluding steroid dienone is 1. The lowest BCUT2D eigenvalue weighted by Crippen LogP contribution is -2.59. The van der Waals surface area contributed by atoms with E-state index >= 15 is 0 Å². The lowest BCUT2D eigenvalue weighted by molar-refractivity contribution is -0.137. The van der Waals surface area contributed by atoms with Gasteiger partial charge < -0.3 is 40.0 Å². The van der Waals surface area contributed by atoms with Gasteiger partial charge in [-0.25, -0.2) is 0 Å². The first-order valence-corrected chi connectivity index (χ1v) is 16.4. The summed E-state index contributed by atoms with van der Waals surface area (Å²) in [4.78, 5) is 56.0. The molecular weight excluding hydrogens is 634 g/mol. The van der Waals surface area contributed by atoms with E-state index in [9.17, 15) is 33.1 Å². The molecule has 48 heavy (non-hydrogen) atoms. The van der Waals surface area contributed by atoms with Crippen LogP contribution in [-0.4, -0.2) is 116 Å². The molecule has 13 nitrogen and oxygen atoms in total. The number of carbonyl (C=O) groups is 4. The van der Waals surface area contributed by atoms with Crippen LogP contribution in [0, 0.1) is 0 Å². The Labute approximate surface area is 277 Å². The molecule has 4 N–H and O–H groups in total. The molecule has 264 valence electrons. The zero-order valence-electron chi connectivity index (χ0n) is 27.0. The molecule has 15 heteroatoms. The number of halogens is 2. The number of rotatable bonds is 18. The van der Waals surface area contributed by atoms with Crippen molar-refractivity contribution < 1.29 is 52.0 Å². The molecule has 1 saturated carbocycles. The molecule has 4 aliphatic rings. The second-order valence-electron chi connectivity index (χ2n) is 12.8. The molecule has 0 bridgehead atoms. The van der Waals surface area contributed by atoms with Crippen molar-refractivity contribution in [1.82, 2.24) is 20.9 Å². The summed E-state index contributed by atoms with van der Waals surface area (Å²) in [5.74, 6) is -2.57. The molecule has 2 heterocycles. The Morgan fingerprint density at radius 2 is 1.75 bits per heavy atom. The van der Waals surface area contributed by atoms with Crippen molar-refractivity contribution in [1.29, 1.82) is 0 Å². The number of amides is 3. The first kappa shape index (κ1) is 35.8. The fourth-order valence-corrected chi connectivity index (χ4v) is 5.71. The van der Waals surface area contributed by atoms with Gasteiger partial charge in [-0.15, -0.1) is 0 Å². The summed E-state index contributed by atoms with van der Waals surface area (Å²) in [6.07, 6.45) is 4.76. The van der Waals surface area contributed by atoms with E-state index in [0.29, 0.717) is 26.3 Å². The number of alkyl halides is 2. The van der Waals surface area contributed by atoms with Gasteiger partial charge in [-0.1, -0.05) is 23.8 Å². The zero-order valence-corrected chi connectivity index (χ0v) is 27.0. The Morgan fingerprint density at radius 3 is 2.35 bits per heavy atom. The van der Waals surface area contributed by atoms with Gasteiger partial charge in [0.2, 0.25) is 17.7 Å². The predicted molar refractivity (Wildman–Crippen MR) is 166 cm³/mol. The number of hydrogen-bond acceptors (Lipinski definition) is 10. The minimum atomic E-state index is -3.06. The third-order valence-corrected chi connectivity index (χ3v) is 8.82. The van der Waals surface area contributed by atoms with Crippen LogP contribution < -0.4 is 20.7 Å². The molecule has 0 spiro atoms. The molecule has 0 aromatic heterocycles. The van der Waals surface area contributed by atoms with E-state index in [1.54, 1.807) is 6.92 Å². The van der Waals surface area contributed by atoms with Crippen LogP contribution in [0.15, 0.2) is 35.9 Å². The van der Waals surface area contributed by atoms with Crippen molar-refractivity contribution in [3.05, 3.63) is 41.5 Å². The molecule has 2 saturated heterocycles. The summed E-state index contributed by atoms with van der Waals surface area (Å²) < 4.78 is 46.3. The van der Waals surface area contributed by atoms with E-state index in [1.165, 1.54) is 24.3 Å². The van der Waals surface area contributed by atoms with Crippen LogP contribution in [0.1, 0.15) is 57.1 Å². The van der Waals surface area contributed by atoms with Gasteiger partial charge in [-0.2, -0.15) is 8.78 Å². The number of ether oxygens (including phenoxy) is 4. The van der Waals surface area contributed by atoms with Crippen LogP contribution in [0.5, 0.6) is 5.75 Å². The SMILES string of the molecule is C[C@]1(C(=O)[C@H](CC2=CCCC2)NC(=O)[C@@H](NC(=O)[C@H](COC2CC2)NC(=O)CN2CCOCC2)[C@H](O)c2ccc(OC(F)F)cc2)CO1. The quantitative estimate of drug-likeness (QED) is 0.131. The fraction of sp³-hybridized carbons (Fsp3) is 0.636. The van der Waals surface area contributed by atoms with Crippen molar-refractivity contribution in [3.63, 3.8) is 0 Å². The zero-order chi connectivity index (χ0) is 34.3. The van der Waals surface area contributed by atoms with E-state index in [1.807, 2.05) is 11.0 Å². The first-order valence-electron chi connectivity index (χ1n) is 16.4. The molecule has 3 amide bonds. The van der Waals surface area contributed by atoms with E-state index in [0.717, 1.165) is 37.7 Å². The van der Waals surface area contributed by atoms with Gasteiger partial charge >= 0.3 is 6.61 Å². The number of aliphatic hydroxyl groups is 1. The highest BCUT2D eigenvalue weighted by molar-refractivity contribution is 5.99. The Hall–Kier alpha value is -3.50. The largest absolute Gasteiger partial charge is 0.435 e. The number of nitrogens with one attached hydrogen (secondary N) is 3. The lowest BCUT2D eigenvalue weighted by Gasteiger charge is -2.29. The molecule has 0 radical (unpaired) electrons. The first-order chi connectivity index (χ1) is 23.0. The minimum absolute atomic E-state index is 0.0244. The normalized spacial score (nSPS) is 23.4. The van der Waals surface area contributed by atoms with E-state index in [-0.39, 0.29) is 49.4 Å². The molecule has 2 aliphatic heterocycles. The van der Waals surface area contributed by atoms with Crippen LogP contribution in [0.3, 0.4) is 0 Å². The molecule has 5 rings (SSSR count). The number of hydrogen-bond donors (Lipinski definition) is 4. The highest BCUT2D eigenvalue weighted by Crippen LogP contribution is 2.32. The second kappa shape index (κ2) is 16.3. The van der Waals surface area contributed by atoms with Crippen molar-refractivity contribution in [3.8, 4) is 5.75 Å². The number of nitrogens with zero attached hydrogens (tertiary/aromatic N) is 1. The molecule has 3 fully saturated rings. The van der Waals surface area contributed by atoms with Crippen LogP contribution in [0.2, 0.25) is 0 Å². The van der Waals surface area contributed by atoms with Gasteiger partial charge in [0.15, 0.2) is 5.78 Å². The van der Waals surface area contributed by atoms with Crippen molar-refractivity contribution in [2.75, 3.05) is 46.1 Å². The number of Topliss-reactive ketones (excluding diaryl/α,β-unsaturated/α-hetero) is 1. The number of aliphatic hydroxyl groups excluding tert-OH is 1. The summed E-state index contributed by atoms with van der Waals surface area (Å²) in [6.45, 7) is 0.720. The molecule has 0 unspecified atom stereocenters. The topological polar surface area (TPSA) is 168 Å². The molecule has 2 aliphatic carbocycles. The predicted octanol–water partition coefficient (Wildman–Crippen LogP) is 1.15. The molecular formula is C33H44F2N4O9. The van der Waals surface area contributed by atoms with E-state index < -0.39 is 54.2 Å². The third-order valence-electron chi connectivity index (χ3n) is 8.82. The van der Waals surface area contributed by atoms with Crippen LogP contribution in [0.25, 0.3) is 0 Å². The van der Waals surface area contributed by atoms with Gasteiger partial charge in [-0.05, 0) is 63.1 Å². The monoisotopic (exact) mass is 678 g/mol. The Balaban J connectivity index is 1.35.